The van der Waals surface area contributed by atoms with Crippen molar-refractivity contribution >= 4 is 0 Å². The Morgan fingerprint density at radius 2 is 1.94 bits per heavy atom. The summed E-state index contributed by atoms with van der Waals surface area (Å²) in [5.74, 6) is 1.50. The minimum absolute atomic E-state index is 0.352. The molecule has 1 fully saturated rings. The maximum absolute atomic E-state index is 6.35. The predicted molar refractivity (Wildman–Crippen MR) is 65.2 cm³/mol. The van der Waals surface area contributed by atoms with Gasteiger partial charge in [-0.3, -0.25) is 0 Å². The summed E-state index contributed by atoms with van der Waals surface area (Å²) in [6.45, 7) is 6.24. The van der Waals surface area contributed by atoms with Crippen LogP contribution in [0.15, 0.2) is 6.07 Å². The summed E-state index contributed by atoms with van der Waals surface area (Å²) in [4.78, 5) is 9.19. The van der Waals surface area contributed by atoms with Gasteiger partial charge in [-0.15, -0.1) is 0 Å². The molecule has 16 heavy (non-hydrogen) atoms. The van der Waals surface area contributed by atoms with Gasteiger partial charge in [-0.05, 0) is 38.7 Å². The summed E-state index contributed by atoms with van der Waals surface area (Å²) in [6.07, 6.45) is 4.31. The lowest BCUT2D eigenvalue weighted by Gasteiger charge is -2.25. The molecule has 0 unspecified atom stereocenters. The first kappa shape index (κ1) is 11.5. The van der Waals surface area contributed by atoms with Crippen LogP contribution >= 0.6 is 0 Å². The number of nitrogens with zero attached hydrogens (tertiary/aromatic N) is 2. The van der Waals surface area contributed by atoms with E-state index >= 15 is 0 Å². The van der Waals surface area contributed by atoms with Gasteiger partial charge in [0.15, 0.2) is 0 Å². The van der Waals surface area contributed by atoms with E-state index in [4.69, 9.17) is 5.73 Å². The second-order valence-electron chi connectivity index (χ2n) is 4.90. The molecule has 0 saturated heterocycles. The fourth-order valence-corrected chi connectivity index (χ4v) is 1.97. The first-order chi connectivity index (χ1) is 7.59. The van der Waals surface area contributed by atoms with Gasteiger partial charge < -0.3 is 5.73 Å². The highest BCUT2D eigenvalue weighted by atomic mass is 15.0. The lowest BCUT2D eigenvalue weighted by Crippen LogP contribution is -2.37. The van der Waals surface area contributed by atoms with Crippen LogP contribution in [0.3, 0.4) is 0 Å². The zero-order chi connectivity index (χ0) is 11.8. The van der Waals surface area contributed by atoms with Crippen LogP contribution in [0.1, 0.15) is 62.7 Å². The van der Waals surface area contributed by atoms with Crippen molar-refractivity contribution in [1.82, 2.24) is 9.97 Å². The Kier molecular flexibility index (Phi) is 2.98. The smallest absolute Gasteiger partial charge is 0.148 e. The number of nitrogens with two attached hydrogens (primary N) is 1. The molecule has 3 nitrogen and oxygen atoms in total. The summed E-state index contributed by atoms with van der Waals surface area (Å²) in [5, 5.41) is 0. The van der Waals surface area contributed by atoms with E-state index in [1.54, 1.807) is 0 Å². The maximum Gasteiger partial charge on any atom is 0.148 e. The van der Waals surface area contributed by atoms with Crippen LogP contribution in [-0.2, 0) is 5.54 Å². The highest BCUT2D eigenvalue weighted by Gasteiger charge is 2.30. The van der Waals surface area contributed by atoms with Gasteiger partial charge in [0.05, 0.1) is 5.54 Å². The number of aryl methyl sites for hydroxylation is 1. The van der Waals surface area contributed by atoms with Gasteiger partial charge in [0, 0.05) is 17.3 Å². The molecule has 0 aromatic carbocycles. The van der Waals surface area contributed by atoms with Gasteiger partial charge >= 0.3 is 0 Å². The van der Waals surface area contributed by atoms with Gasteiger partial charge in [0.1, 0.15) is 5.82 Å². The molecule has 0 radical (unpaired) electrons. The summed E-state index contributed by atoms with van der Waals surface area (Å²) < 4.78 is 0. The second-order valence-corrected chi connectivity index (χ2v) is 4.90. The molecule has 0 amide bonds. The van der Waals surface area contributed by atoms with Crippen LogP contribution in [0.4, 0.5) is 0 Å². The van der Waals surface area contributed by atoms with Crippen molar-refractivity contribution in [2.75, 3.05) is 0 Å². The molecule has 0 atom stereocenters. The van der Waals surface area contributed by atoms with Gasteiger partial charge in [-0.2, -0.15) is 0 Å². The van der Waals surface area contributed by atoms with Crippen LogP contribution in [0.25, 0.3) is 0 Å². The van der Waals surface area contributed by atoms with Crippen molar-refractivity contribution in [1.29, 1.82) is 0 Å². The van der Waals surface area contributed by atoms with Crippen molar-refractivity contribution in [3.05, 3.63) is 23.3 Å². The highest BCUT2D eigenvalue weighted by molar-refractivity contribution is 5.21. The average molecular weight is 219 g/mol. The second kappa shape index (κ2) is 4.13. The Labute approximate surface area is 97.5 Å². The number of rotatable bonds is 4. The minimum atomic E-state index is -0.352. The molecular weight excluding hydrogens is 198 g/mol. The molecule has 0 aliphatic heterocycles. The Morgan fingerprint density at radius 1 is 1.31 bits per heavy atom. The number of hydrogen-bond acceptors (Lipinski definition) is 3. The number of hydrogen-bond donors (Lipinski definition) is 1. The zero-order valence-corrected chi connectivity index (χ0v) is 10.5. The third kappa shape index (κ3) is 2.09. The van der Waals surface area contributed by atoms with E-state index in [0.29, 0.717) is 5.92 Å². The molecule has 2 rings (SSSR count). The van der Waals surface area contributed by atoms with E-state index in [0.717, 1.165) is 24.4 Å². The SMILES string of the molecule is CCC(N)(CC)c1nc(C)cc(C2CC2)n1. The number of aromatic nitrogens is 2. The van der Waals surface area contributed by atoms with Crippen molar-refractivity contribution in [3.8, 4) is 0 Å². The van der Waals surface area contributed by atoms with Gasteiger partial charge in [-0.1, -0.05) is 13.8 Å². The molecule has 2 N–H and O–H groups in total. The maximum atomic E-state index is 6.35. The van der Waals surface area contributed by atoms with E-state index in [1.165, 1.54) is 18.5 Å². The van der Waals surface area contributed by atoms with E-state index in [2.05, 4.69) is 29.9 Å². The molecular formula is C13H21N3. The Hall–Kier alpha value is -0.960. The molecule has 1 aromatic rings. The normalized spacial score (nSPS) is 16.5. The summed E-state index contributed by atoms with van der Waals surface area (Å²) in [5.41, 5.74) is 8.24. The molecule has 1 aliphatic carbocycles. The van der Waals surface area contributed by atoms with E-state index in [-0.39, 0.29) is 5.54 Å². The molecule has 1 aromatic heterocycles. The zero-order valence-electron chi connectivity index (χ0n) is 10.5. The first-order valence-electron chi connectivity index (χ1n) is 6.24. The standard InChI is InChI=1S/C13H21N3/c1-4-13(14,5-2)12-15-9(3)8-11(16-12)10-6-7-10/h8,10H,4-7,14H2,1-3H3. The third-order valence-corrected chi connectivity index (χ3v) is 3.58. The summed E-state index contributed by atoms with van der Waals surface area (Å²) >= 11 is 0. The Balaban J connectivity index is 2.39. The molecule has 1 aliphatic rings. The fourth-order valence-electron chi connectivity index (χ4n) is 1.97. The predicted octanol–water partition coefficient (Wildman–Crippen LogP) is 2.64. The summed E-state index contributed by atoms with van der Waals surface area (Å²) in [7, 11) is 0. The van der Waals surface area contributed by atoms with Crippen molar-refractivity contribution in [2.45, 2.75) is 57.9 Å². The van der Waals surface area contributed by atoms with Crippen LogP contribution < -0.4 is 5.73 Å². The average Bonchev–Trinajstić information content (AvgIpc) is 3.11. The third-order valence-electron chi connectivity index (χ3n) is 3.58. The first-order valence-corrected chi connectivity index (χ1v) is 6.24. The van der Waals surface area contributed by atoms with Gasteiger partial charge in [0.25, 0.3) is 0 Å². The van der Waals surface area contributed by atoms with Crippen molar-refractivity contribution < 1.29 is 0 Å². The molecule has 88 valence electrons. The quantitative estimate of drug-likeness (QED) is 0.847. The van der Waals surface area contributed by atoms with Gasteiger partial charge in [-0.25, -0.2) is 9.97 Å². The molecule has 0 bridgehead atoms. The lowest BCUT2D eigenvalue weighted by molar-refractivity contribution is 0.385. The van der Waals surface area contributed by atoms with Crippen molar-refractivity contribution in [3.63, 3.8) is 0 Å². The van der Waals surface area contributed by atoms with E-state index < -0.39 is 0 Å². The minimum Gasteiger partial charge on any atom is -0.319 e. The van der Waals surface area contributed by atoms with Crippen LogP contribution in [0.5, 0.6) is 0 Å². The topological polar surface area (TPSA) is 51.8 Å². The fraction of sp³-hybridized carbons (Fsp3) is 0.692. The van der Waals surface area contributed by atoms with Crippen LogP contribution in [0, 0.1) is 6.92 Å². The highest BCUT2D eigenvalue weighted by Crippen LogP contribution is 2.39. The molecule has 1 saturated carbocycles. The van der Waals surface area contributed by atoms with Crippen molar-refractivity contribution in [2.24, 2.45) is 5.73 Å². The molecule has 0 spiro atoms. The van der Waals surface area contributed by atoms with E-state index in [9.17, 15) is 0 Å². The Bertz CT molecular complexity index is 379. The lowest BCUT2D eigenvalue weighted by atomic mass is 9.93. The molecule has 1 heterocycles. The summed E-state index contributed by atoms with van der Waals surface area (Å²) in [6, 6.07) is 2.10. The molecule has 3 heteroatoms. The van der Waals surface area contributed by atoms with Gasteiger partial charge in [0.2, 0.25) is 0 Å². The van der Waals surface area contributed by atoms with E-state index in [1.807, 2.05) is 6.92 Å². The largest absolute Gasteiger partial charge is 0.319 e. The Morgan fingerprint density at radius 3 is 2.44 bits per heavy atom. The van der Waals surface area contributed by atoms with Crippen LogP contribution in [0.2, 0.25) is 0 Å². The van der Waals surface area contributed by atoms with Crippen LogP contribution in [-0.4, -0.2) is 9.97 Å². The monoisotopic (exact) mass is 219 g/mol.